The van der Waals surface area contributed by atoms with Gasteiger partial charge in [-0.2, -0.15) is 0 Å². The van der Waals surface area contributed by atoms with E-state index in [4.69, 9.17) is 9.05 Å². The summed E-state index contributed by atoms with van der Waals surface area (Å²) in [7, 11) is -3.37. The minimum atomic E-state index is -3.37. The second-order valence-electron chi connectivity index (χ2n) is 4.91. The van der Waals surface area contributed by atoms with Crippen molar-refractivity contribution in [2.75, 3.05) is 5.43 Å². The fraction of sp³-hybridized carbons (Fsp3) is 0.538. The van der Waals surface area contributed by atoms with Crippen molar-refractivity contribution in [3.8, 4) is 0 Å². The van der Waals surface area contributed by atoms with Gasteiger partial charge in [-0.1, -0.05) is 17.7 Å². The van der Waals surface area contributed by atoms with Gasteiger partial charge in [-0.05, 0) is 46.8 Å². The Morgan fingerprint density at radius 2 is 1.47 bits per heavy atom. The average Bonchev–Trinajstić information content (AvgIpc) is 2.26. The molecule has 0 unspecified atom stereocenters. The molecule has 0 aromatic heterocycles. The molecule has 0 aliphatic heterocycles. The maximum atomic E-state index is 12.5. The van der Waals surface area contributed by atoms with Gasteiger partial charge in [-0.25, -0.2) is 4.57 Å². The van der Waals surface area contributed by atoms with Crippen molar-refractivity contribution in [2.24, 2.45) is 0 Å². The Kier molecular flexibility index (Phi) is 6.01. The lowest BCUT2D eigenvalue weighted by Crippen LogP contribution is -2.24. The van der Waals surface area contributed by atoms with Gasteiger partial charge in [0.1, 0.15) is 0 Å². The largest absolute Gasteiger partial charge is 0.423 e. The fourth-order valence-corrected chi connectivity index (χ4v) is 2.93. The van der Waals surface area contributed by atoms with Crippen molar-refractivity contribution in [1.29, 1.82) is 0 Å². The van der Waals surface area contributed by atoms with Crippen LogP contribution >= 0.6 is 7.75 Å². The van der Waals surface area contributed by atoms with Crippen LogP contribution in [0.5, 0.6) is 0 Å². The van der Waals surface area contributed by atoms with E-state index < -0.39 is 7.75 Å². The molecule has 0 heterocycles. The molecule has 1 rings (SSSR count). The Hall–Kier alpha value is -0.870. The van der Waals surface area contributed by atoms with Gasteiger partial charge in [0, 0.05) is 5.69 Å². The number of benzene rings is 1. The first kappa shape index (κ1) is 16.2. The second kappa shape index (κ2) is 7.06. The SMILES string of the molecule is Cc1ccc(NNP(=O)(OC(C)C)OC(C)C)cc1. The van der Waals surface area contributed by atoms with Crippen LogP contribution in [0.25, 0.3) is 0 Å². The van der Waals surface area contributed by atoms with E-state index in [-0.39, 0.29) is 12.2 Å². The first-order valence-corrected chi connectivity index (χ1v) is 7.92. The predicted octanol–water partition coefficient (Wildman–Crippen LogP) is 3.87. The van der Waals surface area contributed by atoms with Crippen molar-refractivity contribution in [1.82, 2.24) is 5.20 Å². The summed E-state index contributed by atoms with van der Waals surface area (Å²) in [5.74, 6) is 0. The summed E-state index contributed by atoms with van der Waals surface area (Å²) >= 11 is 0. The molecule has 1 aromatic carbocycles. The zero-order valence-corrected chi connectivity index (χ0v) is 13.0. The Bertz CT molecular complexity index is 418. The highest BCUT2D eigenvalue weighted by Crippen LogP contribution is 2.45. The standard InChI is InChI=1S/C13H23N2O3P/c1-10(2)17-19(16,18-11(3)4)15-14-13-8-6-12(5)7-9-13/h6-11,14H,1-5H3,(H,15,16). The molecule has 0 spiro atoms. The van der Waals surface area contributed by atoms with Crippen molar-refractivity contribution < 1.29 is 13.6 Å². The third-order valence-electron chi connectivity index (χ3n) is 2.09. The molecule has 5 nitrogen and oxygen atoms in total. The molecule has 0 amide bonds. The van der Waals surface area contributed by atoms with E-state index in [1.54, 1.807) is 0 Å². The molecule has 0 radical (unpaired) electrons. The topological polar surface area (TPSA) is 59.6 Å². The van der Waals surface area contributed by atoms with Crippen LogP contribution < -0.4 is 10.6 Å². The van der Waals surface area contributed by atoms with Gasteiger partial charge in [0.15, 0.2) is 0 Å². The zero-order chi connectivity index (χ0) is 14.5. The molecule has 0 saturated heterocycles. The molecule has 0 fully saturated rings. The van der Waals surface area contributed by atoms with Gasteiger partial charge < -0.3 is 5.43 Å². The van der Waals surface area contributed by atoms with Crippen LogP contribution in [0.2, 0.25) is 0 Å². The lowest BCUT2D eigenvalue weighted by Gasteiger charge is -2.23. The summed E-state index contributed by atoms with van der Waals surface area (Å²) in [6.45, 7) is 9.24. The summed E-state index contributed by atoms with van der Waals surface area (Å²) in [5.41, 5.74) is 4.81. The third-order valence-corrected chi connectivity index (χ3v) is 3.87. The quantitative estimate of drug-likeness (QED) is 0.588. The molecular formula is C13H23N2O3P. The normalized spacial score (nSPS) is 12.2. The highest BCUT2D eigenvalue weighted by molar-refractivity contribution is 7.51. The van der Waals surface area contributed by atoms with E-state index in [1.807, 2.05) is 58.9 Å². The molecule has 0 atom stereocenters. The van der Waals surface area contributed by atoms with Gasteiger partial charge in [0.05, 0.1) is 12.2 Å². The van der Waals surface area contributed by atoms with Crippen LogP contribution in [0.4, 0.5) is 5.69 Å². The van der Waals surface area contributed by atoms with Gasteiger partial charge in [-0.15, -0.1) is 5.20 Å². The van der Waals surface area contributed by atoms with Crippen molar-refractivity contribution in [3.63, 3.8) is 0 Å². The van der Waals surface area contributed by atoms with Gasteiger partial charge in [0.2, 0.25) is 0 Å². The van der Waals surface area contributed by atoms with Crippen LogP contribution in [0.15, 0.2) is 24.3 Å². The first-order valence-electron chi connectivity index (χ1n) is 6.37. The highest BCUT2D eigenvalue weighted by atomic mass is 31.2. The van der Waals surface area contributed by atoms with E-state index in [0.717, 1.165) is 11.3 Å². The minimum Gasteiger partial charge on any atom is -0.312 e. The highest BCUT2D eigenvalue weighted by Gasteiger charge is 2.27. The Labute approximate surface area is 115 Å². The molecule has 108 valence electrons. The van der Waals surface area contributed by atoms with Crippen LogP contribution in [0.1, 0.15) is 33.3 Å². The molecule has 0 aliphatic rings. The van der Waals surface area contributed by atoms with Crippen LogP contribution in [-0.4, -0.2) is 12.2 Å². The lowest BCUT2D eigenvalue weighted by molar-refractivity contribution is 0.137. The summed E-state index contributed by atoms with van der Waals surface area (Å²) in [6.07, 6.45) is -0.395. The monoisotopic (exact) mass is 286 g/mol. The van der Waals surface area contributed by atoms with Gasteiger partial charge >= 0.3 is 7.75 Å². The number of aryl methyl sites for hydroxylation is 1. The van der Waals surface area contributed by atoms with E-state index in [0.29, 0.717) is 0 Å². The number of rotatable bonds is 7. The Morgan fingerprint density at radius 3 is 1.89 bits per heavy atom. The van der Waals surface area contributed by atoms with E-state index in [1.165, 1.54) is 0 Å². The number of anilines is 1. The van der Waals surface area contributed by atoms with Crippen LogP contribution in [-0.2, 0) is 13.6 Å². The first-order chi connectivity index (χ1) is 8.81. The number of hydrogen-bond donors (Lipinski definition) is 2. The Morgan fingerprint density at radius 1 is 1.00 bits per heavy atom. The summed E-state index contributed by atoms with van der Waals surface area (Å²) in [6, 6.07) is 7.69. The van der Waals surface area contributed by atoms with Crippen molar-refractivity contribution >= 4 is 13.4 Å². The molecule has 0 saturated carbocycles. The van der Waals surface area contributed by atoms with Gasteiger partial charge in [-0.3, -0.25) is 9.05 Å². The van der Waals surface area contributed by atoms with Crippen molar-refractivity contribution in [2.45, 2.75) is 46.8 Å². The van der Waals surface area contributed by atoms with Gasteiger partial charge in [0.25, 0.3) is 0 Å². The van der Waals surface area contributed by atoms with Crippen LogP contribution in [0.3, 0.4) is 0 Å². The molecule has 0 bridgehead atoms. The molecular weight excluding hydrogens is 263 g/mol. The lowest BCUT2D eigenvalue weighted by atomic mass is 10.2. The van der Waals surface area contributed by atoms with Crippen LogP contribution in [0, 0.1) is 6.92 Å². The number of hydrogen-bond acceptors (Lipinski definition) is 4. The maximum Gasteiger partial charge on any atom is 0.423 e. The summed E-state index contributed by atoms with van der Waals surface area (Å²) in [4.78, 5) is 0. The van der Waals surface area contributed by atoms with Crippen molar-refractivity contribution in [3.05, 3.63) is 29.8 Å². The zero-order valence-electron chi connectivity index (χ0n) is 12.1. The average molecular weight is 286 g/mol. The second-order valence-corrected chi connectivity index (χ2v) is 6.55. The predicted molar refractivity (Wildman–Crippen MR) is 78.0 cm³/mol. The van der Waals surface area contributed by atoms with E-state index in [9.17, 15) is 4.57 Å². The number of nitrogens with one attached hydrogen (secondary N) is 2. The van der Waals surface area contributed by atoms with E-state index >= 15 is 0 Å². The molecule has 19 heavy (non-hydrogen) atoms. The summed E-state index contributed by atoms with van der Waals surface area (Å²) in [5, 5.41) is 2.66. The maximum absolute atomic E-state index is 12.5. The molecule has 6 heteroatoms. The minimum absolute atomic E-state index is 0.197. The third kappa shape index (κ3) is 6.21. The fourth-order valence-electron chi connectivity index (χ4n) is 1.40. The summed E-state index contributed by atoms with van der Waals surface area (Å²) < 4.78 is 23.2. The smallest absolute Gasteiger partial charge is 0.312 e. The Balaban J connectivity index is 2.67. The van der Waals surface area contributed by atoms with E-state index in [2.05, 4.69) is 10.6 Å². The number of hydrazine groups is 1. The molecule has 2 N–H and O–H groups in total. The molecule has 0 aliphatic carbocycles. The molecule has 1 aromatic rings.